The van der Waals surface area contributed by atoms with Crippen LogP contribution in [-0.2, 0) is 6.54 Å². The van der Waals surface area contributed by atoms with E-state index in [4.69, 9.17) is 9.27 Å². The van der Waals surface area contributed by atoms with Crippen LogP contribution < -0.4 is 9.83 Å². The molecule has 37 heavy (non-hydrogen) atoms. The molecule has 190 valence electrons. The lowest BCUT2D eigenvalue weighted by Crippen LogP contribution is -2.27. The Kier molecular flexibility index (Phi) is 6.85. The van der Waals surface area contributed by atoms with Crippen LogP contribution in [0.15, 0.2) is 94.1 Å². The number of aryl methyl sites for hydroxylation is 3. The molecule has 0 amide bonds. The monoisotopic (exact) mass is 572 g/mol. The van der Waals surface area contributed by atoms with Crippen LogP contribution in [0.2, 0.25) is 0 Å². The maximum atomic E-state index is 7.11. The number of benzene rings is 4. The number of nitrogens with zero attached hydrogens (tertiary/aromatic N) is 2. The summed E-state index contributed by atoms with van der Waals surface area (Å²) >= 11 is 3.63. The van der Waals surface area contributed by atoms with Crippen molar-refractivity contribution in [1.29, 1.82) is 0 Å². The van der Waals surface area contributed by atoms with Crippen molar-refractivity contribution in [1.82, 2.24) is 4.57 Å². The summed E-state index contributed by atoms with van der Waals surface area (Å²) in [7, 11) is -2.62. The SMILES string of the molecule is CCn1c2ccccc2c2cc(P(=Nc3ccc(C)c(C)c3)(Oc3cccc(Br)c3)C(C)(C)C)ccc21. The van der Waals surface area contributed by atoms with Gasteiger partial charge in [0.1, 0.15) is 5.75 Å². The number of rotatable bonds is 5. The molecule has 0 saturated heterocycles. The molecule has 1 unspecified atom stereocenters. The Bertz CT molecular complexity index is 1680. The second-order valence-electron chi connectivity index (χ2n) is 10.6. The minimum atomic E-state index is -2.62. The molecule has 1 heterocycles. The van der Waals surface area contributed by atoms with Crippen LogP contribution in [0.25, 0.3) is 21.8 Å². The number of fused-ring (bicyclic) bond motifs is 3. The zero-order valence-corrected chi connectivity index (χ0v) is 24.9. The van der Waals surface area contributed by atoms with Gasteiger partial charge in [-0.15, -0.1) is 0 Å². The third kappa shape index (κ3) is 4.67. The number of hydrogen-bond acceptors (Lipinski definition) is 2. The molecule has 5 rings (SSSR count). The minimum Gasteiger partial charge on any atom is -0.455 e. The van der Waals surface area contributed by atoms with Crippen LogP contribution in [-0.4, -0.2) is 9.72 Å². The zero-order valence-electron chi connectivity index (χ0n) is 22.4. The Hall–Kier alpha value is -2.81. The summed E-state index contributed by atoms with van der Waals surface area (Å²) in [6.45, 7) is 14.2. The predicted molar refractivity (Wildman–Crippen MR) is 164 cm³/mol. The van der Waals surface area contributed by atoms with Gasteiger partial charge in [-0.1, -0.05) is 67.0 Å². The van der Waals surface area contributed by atoms with Crippen molar-refractivity contribution in [2.75, 3.05) is 0 Å². The van der Waals surface area contributed by atoms with Crippen molar-refractivity contribution >= 4 is 56.0 Å². The highest BCUT2D eigenvalue weighted by atomic mass is 79.9. The van der Waals surface area contributed by atoms with Crippen molar-refractivity contribution in [2.45, 2.75) is 53.2 Å². The van der Waals surface area contributed by atoms with E-state index in [1.807, 2.05) is 24.3 Å². The number of para-hydroxylation sites is 1. The van der Waals surface area contributed by atoms with Crippen molar-refractivity contribution in [3.63, 3.8) is 0 Å². The van der Waals surface area contributed by atoms with E-state index >= 15 is 0 Å². The van der Waals surface area contributed by atoms with Gasteiger partial charge in [0.25, 0.3) is 0 Å². The number of hydrogen-bond donors (Lipinski definition) is 0. The predicted octanol–water partition coefficient (Wildman–Crippen LogP) is 10.1. The molecule has 3 nitrogen and oxygen atoms in total. The molecule has 0 spiro atoms. The van der Waals surface area contributed by atoms with Crippen LogP contribution in [0.3, 0.4) is 0 Å². The molecule has 0 aliphatic rings. The van der Waals surface area contributed by atoms with Gasteiger partial charge >= 0.3 is 0 Å². The molecule has 0 radical (unpaired) electrons. The quantitative estimate of drug-likeness (QED) is 0.192. The molecule has 0 aliphatic heterocycles. The molecule has 1 atom stereocenters. The fourth-order valence-electron chi connectivity index (χ4n) is 5.00. The molecular weight excluding hydrogens is 539 g/mol. The van der Waals surface area contributed by atoms with Gasteiger partial charge in [-0.25, -0.2) is 4.74 Å². The van der Waals surface area contributed by atoms with Crippen molar-refractivity contribution < 1.29 is 4.52 Å². The lowest BCUT2D eigenvalue weighted by atomic mass is 10.1. The standard InChI is InChI=1S/C32H34BrN2OP/c1-7-35-30-14-9-8-13-28(30)29-21-27(17-18-31(29)35)37(32(4,5)6,36-26-12-10-11-24(33)20-26)34-25-16-15-22(2)23(3)19-25/h8-21H,7H2,1-6H3. The van der Waals surface area contributed by atoms with E-state index in [1.165, 1.54) is 32.9 Å². The topological polar surface area (TPSA) is 26.5 Å². The number of halogens is 1. The normalized spacial score (nSPS) is 13.6. The van der Waals surface area contributed by atoms with E-state index < -0.39 is 7.28 Å². The van der Waals surface area contributed by atoms with Gasteiger partial charge in [0.05, 0.1) is 5.69 Å². The molecular formula is C32H34BrN2OP. The second-order valence-corrected chi connectivity index (χ2v) is 14.9. The lowest BCUT2D eigenvalue weighted by molar-refractivity contribution is 0.571. The maximum Gasteiger partial charge on any atom is 0.173 e. The van der Waals surface area contributed by atoms with E-state index in [0.717, 1.165) is 27.8 Å². The van der Waals surface area contributed by atoms with Crippen LogP contribution in [0.1, 0.15) is 38.8 Å². The van der Waals surface area contributed by atoms with Gasteiger partial charge in [0, 0.05) is 43.3 Å². The highest BCUT2D eigenvalue weighted by molar-refractivity contribution is 9.10. The molecule has 5 aromatic rings. The smallest absolute Gasteiger partial charge is 0.173 e. The molecule has 1 aromatic heterocycles. The third-order valence-corrected chi connectivity index (χ3v) is 11.4. The van der Waals surface area contributed by atoms with Crippen molar-refractivity contribution in [2.24, 2.45) is 4.74 Å². The Morgan fingerprint density at radius 1 is 0.811 bits per heavy atom. The summed E-state index contributed by atoms with van der Waals surface area (Å²) in [4.78, 5) is 0. The van der Waals surface area contributed by atoms with E-state index in [2.05, 4.69) is 123 Å². The van der Waals surface area contributed by atoms with E-state index in [1.54, 1.807) is 0 Å². The molecule has 4 aromatic carbocycles. The fourth-order valence-corrected chi connectivity index (χ4v) is 8.44. The first-order chi connectivity index (χ1) is 17.6. The molecule has 0 N–H and O–H groups in total. The summed E-state index contributed by atoms with van der Waals surface area (Å²) in [6, 6.07) is 30.1. The minimum absolute atomic E-state index is 0.259. The van der Waals surface area contributed by atoms with Crippen LogP contribution in [0.4, 0.5) is 5.69 Å². The van der Waals surface area contributed by atoms with Gasteiger partial charge in [0.2, 0.25) is 0 Å². The molecule has 0 saturated carbocycles. The first kappa shape index (κ1) is 25.8. The van der Waals surface area contributed by atoms with Gasteiger partial charge in [-0.3, -0.25) is 0 Å². The fraction of sp³-hybridized carbons (Fsp3) is 0.250. The van der Waals surface area contributed by atoms with E-state index in [-0.39, 0.29) is 5.16 Å². The average Bonchev–Trinajstić information content (AvgIpc) is 3.18. The van der Waals surface area contributed by atoms with Gasteiger partial charge in [0.15, 0.2) is 7.28 Å². The largest absolute Gasteiger partial charge is 0.455 e. The summed E-state index contributed by atoms with van der Waals surface area (Å²) in [5.74, 6) is 0.821. The molecule has 0 aliphatic carbocycles. The third-order valence-electron chi connectivity index (χ3n) is 7.11. The summed E-state index contributed by atoms with van der Waals surface area (Å²) in [6.07, 6.45) is 0. The van der Waals surface area contributed by atoms with Crippen molar-refractivity contribution in [3.05, 3.63) is 101 Å². The summed E-state index contributed by atoms with van der Waals surface area (Å²) in [5.41, 5.74) is 5.96. The average molecular weight is 574 g/mol. The van der Waals surface area contributed by atoms with Gasteiger partial charge < -0.3 is 9.09 Å². The zero-order chi connectivity index (χ0) is 26.4. The molecule has 0 fully saturated rings. The Labute approximate surface area is 228 Å². The van der Waals surface area contributed by atoms with Crippen molar-refractivity contribution in [3.8, 4) is 5.75 Å². The van der Waals surface area contributed by atoms with Gasteiger partial charge in [-0.2, -0.15) is 0 Å². The Balaban J connectivity index is 1.86. The number of aromatic nitrogens is 1. The van der Waals surface area contributed by atoms with Gasteiger partial charge in [-0.05, 0) is 86.5 Å². The highest BCUT2D eigenvalue weighted by Gasteiger charge is 2.39. The first-order valence-electron chi connectivity index (χ1n) is 12.8. The van der Waals surface area contributed by atoms with Crippen LogP contribution in [0, 0.1) is 13.8 Å². The van der Waals surface area contributed by atoms with Crippen LogP contribution in [0.5, 0.6) is 5.75 Å². The Morgan fingerprint density at radius 3 is 2.27 bits per heavy atom. The molecule has 5 heteroatoms. The maximum absolute atomic E-state index is 7.11. The highest BCUT2D eigenvalue weighted by Crippen LogP contribution is 2.62. The van der Waals surface area contributed by atoms with E-state index in [0.29, 0.717) is 0 Å². The summed E-state index contributed by atoms with van der Waals surface area (Å²) in [5, 5.41) is 3.40. The summed E-state index contributed by atoms with van der Waals surface area (Å²) < 4.78 is 16.0. The Morgan fingerprint density at radius 2 is 1.57 bits per heavy atom. The molecule has 0 bridgehead atoms. The van der Waals surface area contributed by atoms with Crippen LogP contribution >= 0.6 is 23.2 Å². The first-order valence-corrected chi connectivity index (χ1v) is 15.2. The lowest BCUT2D eigenvalue weighted by Gasteiger charge is -2.37. The van der Waals surface area contributed by atoms with E-state index in [9.17, 15) is 0 Å². The second kappa shape index (κ2) is 9.82.